The zero-order chi connectivity index (χ0) is 26.6. The minimum atomic E-state index is -2.74. The second kappa shape index (κ2) is 8.32. The Morgan fingerprint density at radius 1 is 0.500 bits per heavy atom. The van der Waals surface area contributed by atoms with Crippen LogP contribution in [-0.2, 0) is 0 Å². The Bertz CT molecular complexity index is 1290. The van der Waals surface area contributed by atoms with Crippen molar-refractivity contribution in [2.75, 3.05) is 0 Å². The molecule has 3 aliphatic rings. The van der Waals surface area contributed by atoms with Crippen molar-refractivity contribution in [1.29, 1.82) is 10.5 Å². The van der Waals surface area contributed by atoms with Crippen molar-refractivity contribution in [3.05, 3.63) is 113 Å². The standard InChI is InChI=1S/C24H6F6N6/c1-33-7(5-31)9-18(25)11-12-14(21(28)10(19(12)26)8(6-32)34-2)16-15(13(11)20(9)27)22(29)17(23(16)30)24(35-3)36-4/h18-23H/b9-7-,10-8-. The van der Waals surface area contributed by atoms with Gasteiger partial charge in [-0.05, 0) is 0 Å². The Labute approximate surface area is 199 Å². The van der Waals surface area contributed by atoms with E-state index in [2.05, 4.69) is 19.4 Å². The van der Waals surface area contributed by atoms with Crippen molar-refractivity contribution < 1.29 is 26.3 Å². The molecule has 0 saturated heterocycles. The maximum atomic E-state index is 15.6. The van der Waals surface area contributed by atoms with E-state index < -0.39 is 104 Å². The third kappa shape index (κ3) is 2.74. The molecule has 0 N–H and O–H groups in total. The lowest BCUT2D eigenvalue weighted by atomic mass is 9.88. The molecule has 4 rings (SSSR count). The van der Waals surface area contributed by atoms with E-state index in [-0.39, 0.29) is 0 Å². The van der Waals surface area contributed by atoms with Crippen molar-refractivity contribution in [1.82, 2.24) is 0 Å². The van der Waals surface area contributed by atoms with Crippen LogP contribution in [0.3, 0.4) is 0 Å². The summed E-state index contributed by atoms with van der Waals surface area (Å²) in [6, 6.07) is 2.57. The van der Waals surface area contributed by atoms with Crippen LogP contribution < -0.4 is 0 Å². The van der Waals surface area contributed by atoms with Gasteiger partial charge in [0.1, 0.15) is 50.2 Å². The third-order valence-corrected chi connectivity index (χ3v) is 6.35. The predicted octanol–water partition coefficient (Wildman–Crippen LogP) is 7.24. The number of allylic oxidation sites excluding steroid dienone is 5. The average Bonchev–Trinajstić information content (AvgIpc) is 3.38. The molecule has 0 spiro atoms. The fourth-order valence-electron chi connectivity index (χ4n) is 5.00. The minimum absolute atomic E-state index is 0.971. The topological polar surface area (TPSA) is 65.0 Å². The van der Waals surface area contributed by atoms with Crippen molar-refractivity contribution >= 4 is 0 Å². The Kier molecular flexibility index (Phi) is 5.57. The van der Waals surface area contributed by atoms with E-state index in [9.17, 15) is 0 Å². The van der Waals surface area contributed by atoms with Gasteiger partial charge in [0.05, 0.1) is 30.9 Å². The maximum absolute atomic E-state index is 15.6. The number of alkyl halides is 6. The van der Waals surface area contributed by atoms with E-state index in [0.29, 0.717) is 0 Å². The van der Waals surface area contributed by atoms with Gasteiger partial charge in [0.25, 0.3) is 11.4 Å². The first kappa shape index (κ1) is 24.1. The van der Waals surface area contributed by atoms with Crippen LogP contribution >= 0.6 is 0 Å². The Hall–Kier alpha value is -5.04. The minimum Gasteiger partial charge on any atom is -0.239 e. The molecular formula is C24H6F6N6. The molecule has 6 unspecified atom stereocenters. The molecule has 36 heavy (non-hydrogen) atoms. The van der Waals surface area contributed by atoms with E-state index in [1.807, 2.05) is 0 Å². The van der Waals surface area contributed by atoms with E-state index in [0.717, 1.165) is 0 Å². The summed E-state index contributed by atoms with van der Waals surface area (Å²) < 4.78 is 93.8. The lowest BCUT2D eigenvalue weighted by Crippen LogP contribution is -2.06. The monoisotopic (exact) mass is 492 g/mol. The summed E-state index contributed by atoms with van der Waals surface area (Å²) in [5.41, 5.74) is -11.3. The van der Waals surface area contributed by atoms with Crippen LogP contribution in [0, 0.1) is 49.0 Å². The van der Waals surface area contributed by atoms with Crippen LogP contribution in [0.5, 0.6) is 0 Å². The van der Waals surface area contributed by atoms with Crippen LogP contribution in [0.15, 0.2) is 33.9 Å². The number of rotatable bonds is 0. The lowest BCUT2D eigenvalue weighted by molar-refractivity contribution is 0.328. The summed E-state index contributed by atoms with van der Waals surface area (Å²) in [6.07, 6.45) is -16.4. The number of halogens is 6. The van der Waals surface area contributed by atoms with Crippen molar-refractivity contribution in [2.45, 2.75) is 37.0 Å². The lowest BCUT2D eigenvalue weighted by Gasteiger charge is -2.18. The molecule has 1 aromatic rings. The second-order valence-electron chi connectivity index (χ2n) is 7.72. The molecule has 0 radical (unpaired) electrons. The molecule has 3 aliphatic carbocycles. The smallest absolute Gasteiger partial charge is 0.239 e. The van der Waals surface area contributed by atoms with E-state index >= 15 is 26.3 Å². The first-order chi connectivity index (χ1) is 17.2. The number of nitriles is 2. The summed E-state index contributed by atoms with van der Waals surface area (Å²) >= 11 is 0. The zero-order valence-corrected chi connectivity index (χ0v) is 17.4. The second-order valence-corrected chi connectivity index (χ2v) is 7.72. The molecule has 0 saturated carbocycles. The number of hydrogen-bond donors (Lipinski definition) is 0. The van der Waals surface area contributed by atoms with Gasteiger partial charge in [-0.25, -0.2) is 46.6 Å². The van der Waals surface area contributed by atoms with Crippen LogP contribution in [0.4, 0.5) is 26.3 Å². The zero-order valence-electron chi connectivity index (χ0n) is 17.4. The molecule has 1 aromatic carbocycles. The first-order valence-corrected chi connectivity index (χ1v) is 9.76. The van der Waals surface area contributed by atoms with Crippen molar-refractivity contribution in [2.24, 2.45) is 0 Å². The molecule has 6 nitrogen and oxygen atoms in total. The summed E-state index contributed by atoms with van der Waals surface area (Å²) in [4.78, 5) is 11.0. The molecule has 0 aliphatic heterocycles. The molecule has 0 aromatic heterocycles. The molecule has 0 bridgehead atoms. The highest BCUT2D eigenvalue weighted by molar-refractivity contribution is 5.72. The normalized spacial score (nSPS) is 29.8. The van der Waals surface area contributed by atoms with E-state index in [4.69, 9.17) is 36.8 Å². The molecule has 0 amide bonds. The summed E-state index contributed by atoms with van der Waals surface area (Å²) in [5, 5.41) is 18.3. The highest BCUT2D eigenvalue weighted by Crippen LogP contribution is 2.66. The summed E-state index contributed by atoms with van der Waals surface area (Å²) in [7, 11) is 0. The van der Waals surface area contributed by atoms with Gasteiger partial charge in [0.2, 0.25) is 0 Å². The van der Waals surface area contributed by atoms with E-state index in [1.54, 1.807) is 0 Å². The SMILES string of the molecule is [C-]#[N+]C([N+]#[C-])=C1C(F)c2c(c3c(c4c2C(F)/C(=C(/C#N)[N+]#[C-])C4F)C(F)/C(=C(\C#N)[N+]#[C-])C3F)C1F. The third-order valence-electron chi connectivity index (χ3n) is 6.35. The fourth-order valence-corrected chi connectivity index (χ4v) is 5.00. The Balaban J connectivity index is 2.25. The van der Waals surface area contributed by atoms with Gasteiger partial charge in [-0.3, -0.25) is 0 Å². The van der Waals surface area contributed by atoms with Gasteiger partial charge in [0.15, 0.2) is 0 Å². The highest BCUT2D eigenvalue weighted by atomic mass is 19.2. The number of benzene rings is 1. The first-order valence-electron chi connectivity index (χ1n) is 9.76. The fraction of sp³-hybridized carbons (Fsp3) is 0.250. The number of nitrogens with zero attached hydrogens (tertiary/aromatic N) is 6. The van der Waals surface area contributed by atoms with E-state index in [1.165, 1.54) is 12.1 Å². The van der Waals surface area contributed by atoms with Crippen LogP contribution in [0.25, 0.3) is 19.4 Å². The van der Waals surface area contributed by atoms with Gasteiger partial charge in [-0.1, -0.05) is 0 Å². The Morgan fingerprint density at radius 2 is 0.750 bits per heavy atom. The maximum Gasteiger partial charge on any atom is 0.525 e. The van der Waals surface area contributed by atoms with Crippen molar-refractivity contribution in [3.63, 3.8) is 0 Å². The quantitative estimate of drug-likeness (QED) is 0.218. The number of fused-ring (bicyclic) bond motifs is 6. The number of hydrogen-bond acceptors (Lipinski definition) is 2. The Morgan fingerprint density at radius 3 is 0.944 bits per heavy atom. The molecule has 0 heterocycles. The van der Waals surface area contributed by atoms with Crippen LogP contribution in [0.2, 0.25) is 0 Å². The molecule has 0 fully saturated rings. The van der Waals surface area contributed by atoms with Crippen LogP contribution in [-0.4, -0.2) is 0 Å². The molecular weight excluding hydrogens is 486 g/mol. The summed E-state index contributed by atoms with van der Waals surface area (Å²) in [6.45, 7) is 28.1. The van der Waals surface area contributed by atoms with Crippen molar-refractivity contribution in [3.8, 4) is 12.1 Å². The van der Waals surface area contributed by atoms with Gasteiger partial charge >= 0.3 is 5.82 Å². The van der Waals surface area contributed by atoms with Gasteiger partial charge in [-0.2, -0.15) is 9.69 Å². The summed E-state index contributed by atoms with van der Waals surface area (Å²) in [5.74, 6) is -1.09. The van der Waals surface area contributed by atoms with Crippen LogP contribution in [0.1, 0.15) is 70.4 Å². The molecule has 6 atom stereocenters. The van der Waals surface area contributed by atoms with Gasteiger partial charge < -0.3 is 0 Å². The molecule has 12 heteroatoms. The average molecular weight is 492 g/mol. The van der Waals surface area contributed by atoms with Gasteiger partial charge in [0, 0.05) is 44.5 Å². The predicted molar refractivity (Wildman–Crippen MR) is 108 cm³/mol. The highest BCUT2D eigenvalue weighted by Gasteiger charge is 2.56. The largest absolute Gasteiger partial charge is 0.525 e. The molecule has 174 valence electrons. The van der Waals surface area contributed by atoms with Gasteiger partial charge in [-0.15, -0.1) is 0 Å².